The van der Waals surface area contributed by atoms with Gasteiger partial charge < -0.3 is 44.7 Å². The van der Waals surface area contributed by atoms with Gasteiger partial charge in [-0.2, -0.15) is 0 Å². The molecule has 0 bridgehead atoms. The molecule has 1 amide bonds. The first-order chi connectivity index (χ1) is 14.6. The maximum absolute atomic E-state index is 12.0. The number of carbonyl (C=O) groups excluding carboxylic acids is 1. The van der Waals surface area contributed by atoms with Gasteiger partial charge >= 0.3 is 5.97 Å². The van der Waals surface area contributed by atoms with Crippen molar-refractivity contribution >= 4 is 11.9 Å². The van der Waals surface area contributed by atoms with Crippen LogP contribution in [-0.4, -0.2) is 100 Å². The van der Waals surface area contributed by atoms with Crippen LogP contribution in [0, 0.1) is 5.41 Å². The van der Waals surface area contributed by atoms with E-state index in [0.29, 0.717) is 12.8 Å². The van der Waals surface area contributed by atoms with Crippen molar-refractivity contribution in [3.05, 3.63) is 0 Å². The highest BCUT2D eigenvalue weighted by Crippen LogP contribution is 2.42. The van der Waals surface area contributed by atoms with Crippen molar-refractivity contribution in [2.24, 2.45) is 5.41 Å². The lowest BCUT2D eigenvalue weighted by Gasteiger charge is -2.51. The fraction of sp³-hybridized carbons (Fsp3) is 0.900. The average Bonchev–Trinajstić information content (AvgIpc) is 3.52. The molecule has 10 atom stereocenters. The van der Waals surface area contributed by atoms with E-state index in [-0.39, 0.29) is 5.91 Å². The number of ether oxygens (including phenoxy) is 4. The van der Waals surface area contributed by atoms with Crippen molar-refractivity contribution in [1.29, 1.82) is 0 Å². The van der Waals surface area contributed by atoms with Crippen LogP contribution >= 0.6 is 0 Å². The van der Waals surface area contributed by atoms with E-state index in [1.54, 1.807) is 0 Å². The fourth-order valence-corrected chi connectivity index (χ4v) is 4.49. The molecular formula is C20H33NO10. The van der Waals surface area contributed by atoms with Crippen LogP contribution in [0.5, 0.6) is 0 Å². The number of hydrogen-bond acceptors (Lipinski definition) is 9. The van der Waals surface area contributed by atoms with Gasteiger partial charge in [-0.3, -0.25) is 4.79 Å². The van der Waals surface area contributed by atoms with E-state index in [9.17, 15) is 30.0 Å². The van der Waals surface area contributed by atoms with Crippen LogP contribution in [0.4, 0.5) is 0 Å². The molecule has 0 aromatic carbocycles. The van der Waals surface area contributed by atoms with E-state index in [2.05, 4.69) is 5.32 Å². The molecule has 0 spiro atoms. The summed E-state index contributed by atoms with van der Waals surface area (Å²) in [7, 11) is 0. The Kier molecular flexibility index (Phi) is 7.26. The maximum Gasteiger partial charge on any atom is 0.335 e. The van der Waals surface area contributed by atoms with Crippen LogP contribution in [0.15, 0.2) is 0 Å². The van der Waals surface area contributed by atoms with Crippen molar-refractivity contribution in [2.75, 3.05) is 6.61 Å². The monoisotopic (exact) mass is 447 g/mol. The first kappa shape index (κ1) is 24.3. The lowest BCUT2D eigenvalue weighted by Crippen LogP contribution is -2.69. The Balaban J connectivity index is 1.91. The molecule has 178 valence electrons. The zero-order valence-electron chi connectivity index (χ0n) is 18.1. The minimum atomic E-state index is -1.41. The number of hydrogen-bond donors (Lipinski definition) is 5. The number of aliphatic carboxylic acids is 1. The van der Waals surface area contributed by atoms with E-state index < -0.39 is 79.2 Å². The first-order valence-electron chi connectivity index (χ1n) is 10.7. The van der Waals surface area contributed by atoms with Crippen molar-refractivity contribution in [3.63, 3.8) is 0 Å². The second-order valence-electron chi connectivity index (χ2n) is 8.78. The van der Waals surface area contributed by atoms with Gasteiger partial charge in [0.15, 0.2) is 12.4 Å². The van der Waals surface area contributed by atoms with Crippen LogP contribution in [0.25, 0.3) is 0 Å². The summed E-state index contributed by atoms with van der Waals surface area (Å²) in [4.78, 5) is 23.5. The molecule has 5 N–H and O–H groups in total. The molecule has 0 aliphatic carbocycles. The van der Waals surface area contributed by atoms with E-state index >= 15 is 0 Å². The Labute approximate surface area is 180 Å². The van der Waals surface area contributed by atoms with Crippen molar-refractivity contribution in [1.82, 2.24) is 5.32 Å². The quantitative estimate of drug-likeness (QED) is 0.284. The molecule has 3 aliphatic rings. The second-order valence-corrected chi connectivity index (χ2v) is 8.78. The van der Waals surface area contributed by atoms with E-state index in [0.717, 1.165) is 0 Å². The smallest absolute Gasteiger partial charge is 0.335 e. The van der Waals surface area contributed by atoms with Crippen LogP contribution < -0.4 is 5.32 Å². The molecular weight excluding hydrogens is 414 g/mol. The summed E-state index contributed by atoms with van der Waals surface area (Å²) in [5.41, 5.74) is -0.428. The second kappa shape index (κ2) is 9.26. The average molecular weight is 447 g/mol. The number of fused-ring (bicyclic) bond motifs is 1. The lowest BCUT2D eigenvalue weighted by molar-refractivity contribution is -0.298. The van der Waals surface area contributed by atoms with Crippen LogP contribution in [0.2, 0.25) is 0 Å². The number of amides is 1. The summed E-state index contributed by atoms with van der Waals surface area (Å²) in [5.74, 6) is -1.63. The number of epoxide rings is 1. The molecule has 11 nitrogen and oxygen atoms in total. The first-order valence-corrected chi connectivity index (χ1v) is 10.7. The van der Waals surface area contributed by atoms with E-state index in [1.807, 2.05) is 20.8 Å². The van der Waals surface area contributed by atoms with Gasteiger partial charge in [0.1, 0.15) is 36.6 Å². The molecule has 3 saturated heterocycles. The SMILES string of the molecule is CCC(C)(CC)[C@H]1OC(CO)C(O)C(OC2OC(C(=O)O)C3OC3C2O)C1NC(C)=O. The third-order valence-corrected chi connectivity index (χ3v) is 6.86. The predicted molar refractivity (Wildman–Crippen MR) is 104 cm³/mol. The zero-order chi connectivity index (χ0) is 23.1. The molecule has 11 heteroatoms. The molecule has 0 aromatic heterocycles. The summed E-state index contributed by atoms with van der Waals surface area (Å²) < 4.78 is 22.6. The largest absolute Gasteiger partial charge is 0.479 e. The minimum Gasteiger partial charge on any atom is -0.479 e. The summed E-state index contributed by atoms with van der Waals surface area (Å²) in [6.45, 7) is 6.76. The van der Waals surface area contributed by atoms with Gasteiger partial charge in [-0.25, -0.2) is 4.79 Å². The highest BCUT2D eigenvalue weighted by atomic mass is 16.7. The lowest BCUT2D eigenvalue weighted by atomic mass is 9.72. The molecule has 3 fully saturated rings. The number of carboxylic acid groups (broad SMARTS) is 1. The number of aliphatic hydroxyl groups is 3. The van der Waals surface area contributed by atoms with Gasteiger partial charge in [0.2, 0.25) is 5.91 Å². The number of carbonyl (C=O) groups is 2. The highest BCUT2D eigenvalue weighted by Gasteiger charge is 2.62. The molecule has 0 saturated carbocycles. The molecule has 0 radical (unpaired) electrons. The topological polar surface area (TPSA) is 167 Å². The number of nitrogens with one attached hydrogen (secondary N) is 1. The summed E-state index contributed by atoms with van der Waals surface area (Å²) in [5, 5.41) is 43.3. The Morgan fingerprint density at radius 2 is 1.71 bits per heavy atom. The molecule has 3 heterocycles. The van der Waals surface area contributed by atoms with Crippen molar-refractivity contribution in [2.45, 2.75) is 102 Å². The van der Waals surface area contributed by atoms with Gasteiger partial charge in [-0.1, -0.05) is 20.8 Å². The Morgan fingerprint density at radius 3 is 2.23 bits per heavy atom. The van der Waals surface area contributed by atoms with Crippen LogP contribution in [0.3, 0.4) is 0 Å². The van der Waals surface area contributed by atoms with Gasteiger partial charge in [0, 0.05) is 6.92 Å². The fourth-order valence-electron chi connectivity index (χ4n) is 4.49. The van der Waals surface area contributed by atoms with Crippen LogP contribution in [0.1, 0.15) is 40.5 Å². The number of carboxylic acids is 1. The summed E-state index contributed by atoms with van der Waals surface area (Å²) >= 11 is 0. The predicted octanol–water partition coefficient (Wildman–Crippen LogP) is -1.24. The van der Waals surface area contributed by atoms with Crippen molar-refractivity contribution in [3.8, 4) is 0 Å². The van der Waals surface area contributed by atoms with Gasteiger partial charge in [0.05, 0.1) is 18.8 Å². The Hall–Kier alpha value is -1.34. The molecule has 3 rings (SSSR count). The Bertz CT molecular complexity index is 670. The van der Waals surface area contributed by atoms with E-state index in [4.69, 9.17) is 18.9 Å². The highest BCUT2D eigenvalue weighted by molar-refractivity contribution is 5.74. The van der Waals surface area contributed by atoms with Gasteiger partial charge in [-0.05, 0) is 18.3 Å². The van der Waals surface area contributed by atoms with E-state index in [1.165, 1.54) is 6.92 Å². The Morgan fingerprint density at radius 1 is 1.06 bits per heavy atom. The maximum atomic E-state index is 12.0. The standard InChI is InChI=1S/C20H33NO10/c1-5-20(4,6-2)17-10(21-8(3)23)13(11(24)9(7-22)28-17)30-19-12(25)14-15(29-14)16(31-19)18(26)27/h9-17,19,22,24-25H,5-7H2,1-4H3,(H,21,23)(H,26,27)/t9?,10?,11?,12?,13?,14?,15?,16?,17-,19?/m0/s1. The normalized spacial score (nSPS) is 42.5. The third-order valence-electron chi connectivity index (χ3n) is 6.86. The van der Waals surface area contributed by atoms with Gasteiger partial charge in [-0.15, -0.1) is 0 Å². The number of rotatable bonds is 8. The van der Waals surface area contributed by atoms with Gasteiger partial charge in [0.25, 0.3) is 0 Å². The molecule has 31 heavy (non-hydrogen) atoms. The summed E-state index contributed by atoms with van der Waals surface area (Å²) in [6.07, 6.45) is -8.28. The van der Waals surface area contributed by atoms with Crippen molar-refractivity contribution < 1.29 is 49.0 Å². The molecule has 3 aliphatic heterocycles. The summed E-state index contributed by atoms with van der Waals surface area (Å²) in [6, 6.07) is -0.836. The zero-order valence-corrected chi connectivity index (χ0v) is 18.1. The minimum absolute atomic E-state index is 0.379. The van der Waals surface area contributed by atoms with Crippen LogP contribution in [-0.2, 0) is 28.5 Å². The number of aliphatic hydroxyl groups excluding tert-OH is 3. The third kappa shape index (κ3) is 4.58. The molecule has 9 unspecified atom stereocenters. The molecule has 0 aromatic rings.